The molecule has 0 spiro atoms. The third-order valence-corrected chi connectivity index (χ3v) is 4.45. The SMILES string of the molecule is CCOC(=O)c1cnc(SC)nc1Nc1ccc(C(=O)c2ccccc2)cc1. The number of carbonyl (C=O) groups excluding carboxylic acids is 2. The molecule has 1 aromatic heterocycles. The lowest BCUT2D eigenvalue weighted by molar-refractivity contribution is 0.0526. The molecule has 142 valence electrons. The van der Waals surface area contributed by atoms with Gasteiger partial charge in [0.15, 0.2) is 10.9 Å². The Balaban J connectivity index is 1.84. The second-order valence-electron chi connectivity index (χ2n) is 5.74. The summed E-state index contributed by atoms with van der Waals surface area (Å²) in [6.07, 6.45) is 3.31. The van der Waals surface area contributed by atoms with Crippen LogP contribution in [0, 0.1) is 0 Å². The second kappa shape index (κ2) is 9.14. The van der Waals surface area contributed by atoms with Gasteiger partial charge in [0.05, 0.1) is 6.61 Å². The number of nitrogens with zero attached hydrogens (tertiary/aromatic N) is 2. The van der Waals surface area contributed by atoms with E-state index in [9.17, 15) is 9.59 Å². The van der Waals surface area contributed by atoms with Crippen molar-refractivity contribution in [3.8, 4) is 0 Å². The standard InChI is InChI=1S/C21H19N3O3S/c1-3-27-20(26)17-13-22-21(28-2)24-19(17)23-16-11-9-15(10-12-16)18(25)14-7-5-4-6-8-14/h4-13H,3H2,1-2H3,(H,22,23,24). The minimum absolute atomic E-state index is 0.0499. The summed E-state index contributed by atoms with van der Waals surface area (Å²) in [6, 6.07) is 16.1. The van der Waals surface area contributed by atoms with Crippen molar-refractivity contribution in [2.45, 2.75) is 12.1 Å². The average Bonchev–Trinajstić information content (AvgIpc) is 2.74. The minimum atomic E-state index is -0.492. The number of anilines is 2. The average molecular weight is 393 g/mol. The lowest BCUT2D eigenvalue weighted by Gasteiger charge is -2.11. The Kier molecular flexibility index (Phi) is 6.39. The number of ketones is 1. The number of thioether (sulfide) groups is 1. The van der Waals surface area contributed by atoms with Crippen LogP contribution in [-0.2, 0) is 4.74 Å². The van der Waals surface area contributed by atoms with E-state index in [1.165, 1.54) is 18.0 Å². The number of rotatable bonds is 7. The molecule has 0 aliphatic heterocycles. The largest absolute Gasteiger partial charge is 0.462 e. The van der Waals surface area contributed by atoms with Crippen LogP contribution in [0.3, 0.4) is 0 Å². The first-order chi connectivity index (χ1) is 13.6. The molecule has 0 bridgehead atoms. The zero-order valence-electron chi connectivity index (χ0n) is 15.5. The molecule has 6 nitrogen and oxygen atoms in total. The molecular formula is C21H19N3O3S. The van der Waals surface area contributed by atoms with E-state index in [0.29, 0.717) is 27.8 Å². The number of esters is 1. The summed E-state index contributed by atoms with van der Waals surface area (Å²) in [6.45, 7) is 2.00. The summed E-state index contributed by atoms with van der Waals surface area (Å²) in [5.74, 6) is -0.181. The number of hydrogen-bond donors (Lipinski definition) is 1. The van der Waals surface area contributed by atoms with Crippen molar-refractivity contribution >= 4 is 35.0 Å². The minimum Gasteiger partial charge on any atom is -0.462 e. The predicted molar refractivity (Wildman–Crippen MR) is 109 cm³/mol. The zero-order chi connectivity index (χ0) is 19.9. The molecule has 0 aliphatic carbocycles. The quantitative estimate of drug-likeness (QED) is 0.277. The number of nitrogens with one attached hydrogen (secondary N) is 1. The fraction of sp³-hybridized carbons (Fsp3) is 0.143. The van der Waals surface area contributed by atoms with E-state index in [0.717, 1.165) is 0 Å². The Morgan fingerprint density at radius 2 is 1.71 bits per heavy atom. The monoisotopic (exact) mass is 393 g/mol. The van der Waals surface area contributed by atoms with Crippen molar-refractivity contribution in [1.29, 1.82) is 0 Å². The molecule has 7 heteroatoms. The highest BCUT2D eigenvalue weighted by Gasteiger charge is 2.16. The highest BCUT2D eigenvalue weighted by Crippen LogP contribution is 2.23. The van der Waals surface area contributed by atoms with Gasteiger partial charge in [-0.05, 0) is 37.4 Å². The summed E-state index contributed by atoms with van der Waals surface area (Å²) in [5.41, 5.74) is 2.16. The van der Waals surface area contributed by atoms with Gasteiger partial charge in [0.25, 0.3) is 0 Å². The van der Waals surface area contributed by atoms with Crippen molar-refractivity contribution < 1.29 is 14.3 Å². The first kappa shape index (κ1) is 19.6. The van der Waals surface area contributed by atoms with Crippen molar-refractivity contribution in [3.63, 3.8) is 0 Å². The van der Waals surface area contributed by atoms with Gasteiger partial charge in [-0.25, -0.2) is 14.8 Å². The fourth-order valence-corrected chi connectivity index (χ4v) is 2.86. The summed E-state index contributed by atoms with van der Waals surface area (Å²) < 4.78 is 5.07. The van der Waals surface area contributed by atoms with Gasteiger partial charge in [-0.15, -0.1) is 0 Å². The van der Waals surface area contributed by atoms with Gasteiger partial charge in [-0.1, -0.05) is 42.1 Å². The Morgan fingerprint density at radius 1 is 1.04 bits per heavy atom. The van der Waals surface area contributed by atoms with Crippen LogP contribution in [0.2, 0.25) is 0 Å². The molecule has 0 saturated heterocycles. The lowest BCUT2D eigenvalue weighted by Crippen LogP contribution is -2.11. The number of hydrogen-bond acceptors (Lipinski definition) is 7. The molecule has 2 aromatic carbocycles. The second-order valence-corrected chi connectivity index (χ2v) is 6.51. The molecule has 0 unspecified atom stereocenters. The maximum atomic E-state index is 12.5. The third-order valence-electron chi connectivity index (χ3n) is 3.89. The Hall–Kier alpha value is -3.19. The van der Waals surface area contributed by atoms with Crippen molar-refractivity contribution in [1.82, 2.24) is 9.97 Å². The first-order valence-electron chi connectivity index (χ1n) is 8.67. The van der Waals surface area contributed by atoms with Crippen LogP contribution in [0.25, 0.3) is 0 Å². The number of carbonyl (C=O) groups is 2. The molecule has 3 rings (SSSR count). The highest BCUT2D eigenvalue weighted by atomic mass is 32.2. The predicted octanol–water partition coefficient (Wildman–Crippen LogP) is 4.35. The Morgan fingerprint density at radius 3 is 2.36 bits per heavy atom. The Labute approximate surface area is 167 Å². The van der Waals surface area contributed by atoms with Crippen LogP contribution in [0.1, 0.15) is 33.2 Å². The molecule has 0 radical (unpaired) electrons. The third kappa shape index (κ3) is 4.55. The van der Waals surface area contributed by atoms with Crippen molar-refractivity contribution in [2.24, 2.45) is 0 Å². The molecule has 0 saturated carbocycles. The van der Waals surface area contributed by atoms with E-state index in [1.54, 1.807) is 43.3 Å². The molecule has 0 amide bonds. The zero-order valence-corrected chi connectivity index (χ0v) is 16.3. The number of aromatic nitrogens is 2. The first-order valence-corrected chi connectivity index (χ1v) is 9.90. The van der Waals surface area contributed by atoms with Gasteiger partial charge in [-0.3, -0.25) is 4.79 Å². The molecule has 1 N–H and O–H groups in total. The van der Waals surface area contributed by atoms with Crippen LogP contribution in [0.4, 0.5) is 11.5 Å². The molecule has 0 aliphatic rings. The molecule has 0 atom stereocenters. The van der Waals surface area contributed by atoms with Crippen LogP contribution in [0.5, 0.6) is 0 Å². The molecule has 28 heavy (non-hydrogen) atoms. The number of benzene rings is 2. The van der Waals surface area contributed by atoms with E-state index < -0.39 is 5.97 Å². The van der Waals surface area contributed by atoms with Crippen molar-refractivity contribution in [3.05, 3.63) is 77.5 Å². The summed E-state index contributed by atoms with van der Waals surface area (Å²) in [5, 5.41) is 3.65. The smallest absolute Gasteiger partial charge is 0.343 e. The fourth-order valence-electron chi connectivity index (χ4n) is 2.52. The van der Waals surface area contributed by atoms with Gasteiger partial charge < -0.3 is 10.1 Å². The normalized spacial score (nSPS) is 10.4. The van der Waals surface area contributed by atoms with E-state index >= 15 is 0 Å². The molecule has 1 heterocycles. The van der Waals surface area contributed by atoms with E-state index in [-0.39, 0.29) is 18.0 Å². The maximum absolute atomic E-state index is 12.5. The molecule has 0 fully saturated rings. The van der Waals surface area contributed by atoms with Gasteiger partial charge in [0.2, 0.25) is 0 Å². The van der Waals surface area contributed by atoms with E-state index in [2.05, 4.69) is 15.3 Å². The maximum Gasteiger partial charge on any atom is 0.343 e. The Bertz CT molecular complexity index is 976. The van der Waals surface area contributed by atoms with Gasteiger partial charge in [0.1, 0.15) is 11.4 Å². The van der Waals surface area contributed by atoms with Gasteiger partial charge in [-0.2, -0.15) is 0 Å². The summed E-state index contributed by atoms with van der Waals surface area (Å²) >= 11 is 1.37. The van der Waals surface area contributed by atoms with Crippen molar-refractivity contribution in [2.75, 3.05) is 18.2 Å². The van der Waals surface area contributed by atoms with Crippen LogP contribution < -0.4 is 5.32 Å². The summed E-state index contributed by atoms with van der Waals surface area (Å²) in [7, 11) is 0. The highest BCUT2D eigenvalue weighted by molar-refractivity contribution is 7.98. The summed E-state index contributed by atoms with van der Waals surface area (Å²) in [4.78, 5) is 33.2. The topological polar surface area (TPSA) is 81.2 Å². The van der Waals surface area contributed by atoms with Crippen LogP contribution in [-0.4, -0.2) is 34.6 Å². The van der Waals surface area contributed by atoms with Crippen LogP contribution in [0.15, 0.2) is 66.0 Å². The molecule has 3 aromatic rings. The molecular weight excluding hydrogens is 374 g/mol. The number of ether oxygens (including phenoxy) is 1. The lowest BCUT2D eigenvalue weighted by atomic mass is 10.0. The van der Waals surface area contributed by atoms with Crippen LogP contribution >= 0.6 is 11.8 Å². The van der Waals surface area contributed by atoms with E-state index in [1.807, 2.05) is 24.5 Å². The van der Waals surface area contributed by atoms with Gasteiger partial charge in [0, 0.05) is 23.0 Å². The van der Waals surface area contributed by atoms with Gasteiger partial charge >= 0.3 is 5.97 Å². The van der Waals surface area contributed by atoms with E-state index in [4.69, 9.17) is 4.74 Å².